The molecule has 22 heavy (non-hydrogen) atoms. The second-order valence-corrected chi connectivity index (χ2v) is 5.30. The number of fused-ring (bicyclic) bond motifs is 1. The number of imidazole rings is 1. The van der Waals surface area contributed by atoms with E-state index in [2.05, 4.69) is 34.7 Å². The van der Waals surface area contributed by atoms with Gasteiger partial charge >= 0.3 is 0 Å². The summed E-state index contributed by atoms with van der Waals surface area (Å²) < 4.78 is 8.05. The molecule has 0 atom stereocenters. The largest absolute Gasteiger partial charge is 0.493 e. The van der Waals surface area contributed by atoms with Gasteiger partial charge in [0.05, 0.1) is 17.6 Å². The molecule has 0 fully saturated rings. The fourth-order valence-electron chi connectivity index (χ4n) is 2.66. The molecule has 0 bridgehead atoms. The summed E-state index contributed by atoms with van der Waals surface area (Å²) in [6.07, 6.45) is 1.87. The normalized spacial score (nSPS) is 11.0. The second-order valence-electron chi connectivity index (χ2n) is 5.30. The lowest BCUT2D eigenvalue weighted by molar-refractivity contribution is 0.302. The molecule has 2 aromatic carbocycles. The Morgan fingerprint density at radius 3 is 2.82 bits per heavy atom. The van der Waals surface area contributed by atoms with E-state index in [1.165, 1.54) is 5.52 Å². The molecular weight excluding hydrogens is 274 g/mol. The van der Waals surface area contributed by atoms with E-state index in [0.29, 0.717) is 6.61 Å². The maximum atomic E-state index is 5.76. The van der Waals surface area contributed by atoms with E-state index in [-0.39, 0.29) is 0 Å². The van der Waals surface area contributed by atoms with Crippen molar-refractivity contribution >= 4 is 16.7 Å². The van der Waals surface area contributed by atoms with Gasteiger partial charge in [0.25, 0.3) is 0 Å². The van der Waals surface area contributed by atoms with Gasteiger partial charge in [-0.3, -0.25) is 0 Å². The van der Waals surface area contributed by atoms with Crippen molar-refractivity contribution in [2.45, 2.75) is 26.3 Å². The Morgan fingerprint density at radius 2 is 2.00 bits per heavy atom. The molecule has 3 aromatic rings. The number of nitrogens with zero attached hydrogens (tertiary/aromatic N) is 2. The number of benzene rings is 2. The van der Waals surface area contributed by atoms with E-state index in [4.69, 9.17) is 10.5 Å². The lowest BCUT2D eigenvalue weighted by Gasteiger charge is -2.10. The van der Waals surface area contributed by atoms with Gasteiger partial charge in [0.2, 0.25) is 0 Å². The number of nitrogen functional groups attached to an aromatic ring is 1. The van der Waals surface area contributed by atoms with Crippen molar-refractivity contribution in [3.63, 3.8) is 0 Å². The quantitative estimate of drug-likeness (QED) is 0.558. The Labute approximate surface area is 130 Å². The van der Waals surface area contributed by atoms with Gasteiger partial charge in [0, 0.05) is 24.7 Å². The van der Waals surface area contributed by atoms with Crippen molar-refractivity contribution < 1.29 is 4.74 Å². The Kier molecular flexibility index (Phi) is 4.28. The highest BCUT2D eigenvalue weighted by Gasteiger charge is 2.08. The molecule has 0 aliphatic rings. The Bertz CT molecular complexity index is 764. The van der Waals surface area contributed by atoms with E-state index in [1.54, 1.807) is 0 Å². The van der Waals surface area contributed by atoms with Crippen LogP contribution in [0.4, 0.5) is 5.69 Å². The molecule has 4 nitrogen and oxygen atoms in total. The molecular formula is C18H21N3O. The first-order chi connectivity index (χ1) is 10.8. The summed E-state index contributed by atoms with van der Waals surface area (Å²) in [6, 6.07) is 15.8. The van der Waals surface area contributed by atoms with Crippen LogP contribution in [-0.4, -0.2) is 16.2 Å². The van der Waals surface area contributed by atoms with Crippen LogP contribution in [0, 0.1) is 0 Å². The van der Waals surface area contributed by atoms with Crippen molar-refractivity contribution in [1.29, 1.82) is 0 Å². The molecule has 1 heterocycles. The van der Waals surface area contributed by atoms with Gasteiger partial charge in [-0.1, -0.05) is 25.1 Å². The number of aryl methyl sites for hydroxylation is 2. The third-order valence-electron chi connectivity index (χ3n) is 3.70. The lowest BCUT2D eigenvalue weighted by Crippen LogP contribution is -2.07. The minimum absolute atomic E-state index is 0.666. The number of nitrogens with two attached hydrogens (primary N) is 1. The Balaban J connectivity index is 1.64. The van der Waals surface area contributed by atoms with Crippen LogP contribution >= 0.6 is 0 Å². The fourth-order valence-corrected chi connectivity index (χ4v) is 2.66. The smallest absolute Gasteiger partial charge is 0.121 e. The average Bonchev–Trinajstić information content (AvgIpc) is 2.89. The standard InChI is InChI=1S/C18H21N3O/c1-2-18-20-16-9-3-4-10-17(16)21(18)11-6-12-22-15-8-5-7-14(19)13-15/h3-5,7-10,13H,2,6,11-12,19H2,1H3. The van der Waals surface area contributed by atoms with Gasteiger partial charge < -0.3 is 15.0 Å². The molecule has 0 aliphatic carbocycles. The van der Waals surface area contributed by atoms with Crippen LogP contribution in [0.1, 0.15) is 19.2 Å². The summed E-state index contributed by atoms with van der Waals surface area (Å²) in [5.74, 6) is 1.95. The zero-order chi connectivity index (χ0) is 15.4. The number of hydrogen-bond donors (Lipinski definition) is 1. The third kappa shape index (κ3) is 3.06. The number of aromatic nitrogens is 2. The maximum absolute atomic E-state index is 5.76. The zero-order valence-corrected chi connectivity index (χ0v) is 12.8. The predicted molar refractivity (Wildman–Crippen MR) is 90.1 cm³/mol. The molecule has 2 N–H and O–H groups in total. The van der Waals surface area contributed by atoms with Crippen LogP contribution < -0.4 is 10.5 Å². The molecule has 0 radical (unpaired) electrons. The van der Waals surface area contributed by atoms with Crippen LogP contribution in [0.15, 0.2) is 48.5 Å². The highest BCUT2D eigenvalue weighted by molar-refractivity contribution is 5.75. The predicted octanol–water partition coefficient (Wildman–Crippen LogP) is 3.65. The van der Waals surface area contributed by atoms with Gasteiger partial charge in [-0.15, -0.1) is 0 Å². The third-order valence-corrected chi connectivity index (χ3v) is 3.70. The maximum Gasteiger partial charge on any atom is 0.121 e. The van der Waals surface area contributed by atoms with Crippen LogP contribution in [0.2, 0.25) is 0 Å². The van der Waals surface area contributed by atoms with E-state index in [1.807, 2.05) is 30.3 Å². The summed E-state index contributed by atoms with van der Waals surface area (Å²) in [5.41, 5.74) is 8.74. The number of hydrogen-bond acceptors (Lipinski definition) is 3. The first kappa shape index (κ1) is 14.4. The average molecular weight is 295 g/mol. The summed E-state index contributed by atoms with van der Waals surface area (Å²) in [4.78, 5) is 4.69. The van der Waals surface area contributed by atoms with Crippen molar-refractivity contribution in [2.75, 3.05) is 12.3 Å². The number of anilines is 1. The molecule has 4 heteroatoms. The van der Waals surface area contributed by atoms with Crippen molar-refractivity contribution in [2.24, 2.45) is 0 Å². The van der Waals surface area contributed by atoms with E-state index >= 15 is 0 Å². The highest BCUT2D eigenvalue weighted by Crippen LogP contribution is 2.18. The number of rotatable bonds is 6. The Hall–Kier alpha value is -2.49. The van der Waals surface area contributed by atoms with Gasteiger partial charge in [0.15, 0.2) is 0 Å². The number of para-hydroxylation sites is 2. The van der Waals surface area contributed by atoms with E-state index in [0.717, 1.165) is 42.2 Å². The highest BCUT2D eigenvalue weighted by atomic mass is 16.5. The first-order valence-electron chi connectivity index (χ1n) is 7.70. The van der Waals surface area contributed by atoms with Gasteiger partial charge in [-0.2, -0.15) is 0 Å². The fraction of sp³-hybridized carbons (Fsp3) is 0.278. The molecule has 1 aromatic heterocycles. The SMILES string of the molecule is CCc1nc2ccccc2n1CCCOc1cccc(N)c1. The monoisotopic (exact) mass is 295 g/mol. The lowest BCUT2D eigenvalue weighted by atomic mass is 10.3. The second kappa shape index (κ2) is 6.52. The molecule has 0 spiro atoms. The van der Waals surface area contributed by atoms with Gasteiger partial charge in [-0.25, -0.2) is 4.98 Å². The first-order valence-corrected chi connectivity index (χ1v) is 7.70. The molecule has 0 saturated heterocycles. The summed E-state index contributed by atoms with van der Waals surface area (Å²) >= 11 is 0. The zero-order valence-electron chi connectivity index (χ0n) is 12.8. The van der Waals surface area contributed by atoms with Crippen LogP contribution in [0.5, 0.6) is 5.75 Å². The molecule has 0 amide bonds. The summed E-state index contributed by atoms with van der Waals surface area (Å²) in [5, 5.41) is 0. The number of ether oxygens (including phenoxy) is 1. The minimum atomic E-state index is 0.666. The summed E-state index contributed by atoms with van der Waals surface area (Å²) in [7, 11) is 0. The van der Waals surface area contributed by atoms with Crippen LogP contribution in [0.3, 0.4) is 0 Å². The van der Waals surface area contributed by atoms with Crippen molar-refractivity contribution in [3.05, 3.63) is 54.4 Å². The minimum Gasteiger partial charge on any atom is -0.493 e. The molecule has 0 unspecified atom stereocenters. The van der Waals surface area contributed by atoms with E-state index in [9.17, 15) is 0 Å². The molecule has 0 saturated carbocycles. The van der Waals surface area contributed by atoms with Crippen molar-refractivity contribution in [1.82, 2.24) is 9.55 Å². The van der Waals surface area contributed by atoms with Crippen molar-refractivity contribution in [3.8, 4) is 5.75 Å². The Morgan fingerprint density at radius 1 is 1.14 bits per heavy atom. The van der Waals surface area contributed by atoms with E-state index < -0.39 is 0 Å². The van der Waals surface area contributed by atoms with Crippen LogP contribution in [-0.2, 0) is 13.0 Å². The summed E-state index contributed by atoms with van der Waals surface area (Å²) in [6.45, 7) is 3.71. The molecule has 114 valence electrons. The van der Waals surface area contributed by atoms with Gasteiger partial charge in [0.1, 0.15) is 11.6 Å². The van der Waals surface area contributed by atoms with Gasteiger partial charge in [-0.05, 0) is 30.7 Å². The molecule has 0 aliphatic heterocycles. The molecule has 3 rings (SSSR count). The van der Waals surface area contributed by atoms with Crippen LogP contribution in [0.25, 0.3) is 11.0 Å². The topological polar surface area (TPSA) is 53.1 Å².